The molecule has 34 heavy (non-hydrogen) atoms. The maximum atomic E-state index is 13.7. The summed E-state index contributed by atoms with van der Waals surface area (Å²) in [6.45, 7) is 3.53. The van der Waals surface area contributed by atoms with Crippen LogP contribution in [0.4, 0.5) is 10.1 Å². The summed E-state index contributed by atoms with van der Waals surface area (Å²) >= 11 is 18.6. The van der Waals surface area contributed by atoms with Gasteiger partial charge in [0.2, 0.25) is 10.0 Å². The zero-order chi connectivity index (χ0) is 24.6. The molecule has 5 nitrogen and oxygen atoms in total. The van der Waals surface area contributed by atoms with E-state index >= 15 is 0 Å². The highest BCUT2D eigenvalue weighted by atomic mass is 35.5. The molecule has 0 aliphatic carbocycles. The Morgan fingerprint density at radius 3 is 2.35 bits per heavy atom. The number of aryl methyl sites for hydroxylation is 1. The summed E-state index contributed by atoms with van der Waals surface area (Å²) in [7, 11) is -3.96. The second-order valence-corrected chi connectivity index (χ2v) is 11.1. The lowest BCUT2D eigenvalue weighted by atomic mass is 9.91. The third-order valence-electron chi connectivity index (χ3n) is 5.75. The SMILES string of the molecule is Cc1ccc(F)cc1S(=O)(=O)NCC1=NN(c2ccc(Cl)cc2Cl)[C@H](c2ccc(Cl)cc2)[C@H]1C. The van der Waals surface area contributed by atoms with Gasteiger partial charge < -0.3 is 0 Å². The molecule has 1 aliphatic heterocycles. The van der Waals surface area contributed by atoms with E-state index in [-0.39, 0.29) is 23.4 Å². The number of nitrogens with one attached hydrogen (secondary N) is 1. The van der Waals surface area contributed by atoms with Crippen LogP contribution in [-0.4, -0.2) is 20.7 Å². The molecule has 0 saturated carbocycles. The highest BCUT2D eigenvalue weighted by Crippen LogP contribution is 2.42. The smallest absolute Gasteiger partial charge is 0.241 e. The molecule has 0 spiro atoms. The summed E-state index contributed by atoms with van der Waals surface area (Å²) < 4.78 is 42.1. The number of hydrogen-bond donors (Lipinski definition) is 1. The Hall–Kier alpha value is -2.16. The van der Waals surface area contributed by atoms with Gasteiger partial charge in [-0.2, -0.15) is 5.10 Å². The van der Waals surface area contributed by atoms with Gasteiger partial charge in [-0.25, -0.2) is 17.5 Å². The molecular weight excluding hydrogens is 520 g/mol. The summed E-state index contributed by atoms with van der Waals surface area (Å²) in [6, 6.07) is 15.9. The van der Waals surface area contributed by atoms with Crippen LogP contribution in [0.25, 0.3) is 0 Å². The fourth-order valence-corrected chi connectivity index (χ4v) is 5.83. The van der Waals surface area contributed by atoms with Gasteiger partial charge in [0.05, 0.1) is 33.9 Å². The van der Waals surface area contributed by atoms with Crippen LogP contribution in [0.3, 0.4) is 0 Å². The normalized spacial score (nSPS) is 18.3. The van der Waals surface area contributed by atoms with Crippen molar-refractivity contribution in [3.8, 4) is 0 Å². The zero-order valence-electron chi connectivity index (χ0n) is 18.3. The van der Waals surface area contributed by atoms with Gasteiger partial charge in [-0.05, 0) is 60.5 Å². The van der Waals surface area contributed by atoms with Crippen molar-refractivity contribution in [2.45, 2.75) is 24.8 Å². The minimum absolute atomic E-state index is 0.0503. The van der Waals surface area contributed by atoms with Gasteiger partial charge in [0.25, 0.3) is 0 Å². The molecule has 3 aromatic carbocycles. The van der Waals surface area contributed by atoms with Gasteiger partial charge in [0.1, 0.15) is 5.82 Å². The van der Waals surface area contributed by atoms with Crippen LogP contribution in [0.1, 0.15) is 24.1 Å². The second kappa shape index (κ2) is 9.84. The second-order valence-electron chi connectivity index (χ2n) is 8.05. The number of anilines is 1. The summed E-state index contributed by atoms with van der Waals surface area (Å²) in [5, 5.41) is 8.01. The van der Waals surface area contributed by atoms with Crippen LogP contribution >= 0.6 is 34.8 Å². The first kappa shape index (κ1) is 24.9. The van der Waals surface area contributed by atoms with Gasteiger partial charge in [-0.3, -0.25) is 5.01 Å². The molecule has 0 aromatic heterocycles. The molecule has 1 heterocycles. The first-order valence-electron chi connectivity index (χ1n) is 10.4. The molecule has 0 radical (unpaired) electrons. The van der Waals surface area contributed by atoms with Gasteiger partial charge in [-0.15, -0.1) is 0 Å². The summed E-state index contributed by atoms with van der Waals surface area (Å²) in [5.41, 5.74) is 2.62. The molecule has 0 fully saturated rings. The lowest BCUT2D eigenvalue weighted by Gasteiger charge is -2.28. The predicted molar refractivity (Wildman–Crippen MR) is 136 cm³/mol. The van der Waals surface area contributed by atoms with E-state index in [0.717, 1.165) is 11.6 Å². The van der Waals surface area contributed by atoms with Crippen molar-refractivity contribution in [2.24, 2.45) is 11.0 Å². The maximum absolute atomic E-state index is 13.7. The number of sulfonamides is 1. The minimum atomic E-state index is -3.96. The van der Waals surface area contributed by atoms with E-state index < -0.39 is 15.8 Å². The Bertz CT molecular complexity index is 1360. The van der Waals surface area contributed by atoms with E-state index in [4.69, 9.17) is 39.9 Å². The molecule has 10 heteroatoms. The highest BCUT2D eigenvalue weighted by molar-refractivity contribution is 7.89. The fraction of sp³-hybridized carbons (Fsp3) is 0.208. The molecule has 2 atom stereocenters. The number of hydrogen-bond acceptors (Lipinski definition) is 4. The fourth-order valence-electron chi connectivity index (χ4n) is 3.95. The Labute approximate surface area is 213 Å². The monoisotopic (exact) mass is 539 g/mol. The van der Waals surface area contributed by atoms with Crippen molar-refractivity contribution in [1.29, 1.82) is 0 Å². The van der Waals surface area contributed by atoms with Crippen LogP contribution in [0.15, 0.2) is 70.7 Å². The topological polar surface area (TPSA) is 61.8 Å². The van der Waals surface area contributed by atoms with E-state index in [1.165, 1.54) is 12.1 Å². The first-order valence-corrected chi connectivity index (χ1v) is 13.0. The Morgan fingerprint density at radius 2 is 1.68 bits per heavy atom. The van der Waals surface area contributed by atoms with Crippen molar-refractivity contribution >= 4 is 56.2 Å². The third-order valence-corrected chi connectivity index (χ3v) is 8.08. The Kier molecular flexibility index (Phi) is 7.22. The average molecular weight is 541 g/mol. The number of hydrazone groups is 1. The maximum Gasteiger partial charge on any atom is 0.241 e. The third kappa shape index (κ3) is 5.09. The molecular formula is C24H21Cl3FN3O2S. The van der Waals surface area contributed by atoms with Crippen molar-refractivity contribution in [3.63, 3.8) is 0 Å². The molecule has 0 saturated heterocycles. The van der Waals surface area contributed by atoms with Crippen LogP contribution in [-0.2, 0) is 10.0 Å². The van der Waals surface area contributed by atoms with Crippen LogP contribution in [0, 0.1) is 18.7 Å². The molecule has 0 unspecified atom stereocenters. The molecule has 0 amide bonds. The Balaban J connectivity index is 1.68. The largest absolute Gasteiger partial charge is 0.256 e. The lowest BCUT2D eigenvalue weighted by molar-refractivity contribution is 0.576. The van der Waals surface area contributed by atoms with Gasteiger partial charge >= 0.3 is 0 Å². The number of nitrogens with zero attached hydrogens (tertiary/aromatic N) is 2. The van der Waals surface area contributed by atoms with Crippen molar-refractivity contribution in [3.05, 3.63) is 92.7 Å². The van der Waals surface area contributed by atoms with Crippen molar-refractivity contribution in [1.82, 2.24) is 4.72 Å². The van der Waals surface area contributed by atoms with Crippen LogP contribution < -0.4 is 9.73 Å². The highest BCUT2D eigenvalue weighted by Gasteiger charge is 2.37. The first-order chi connectivity index (χ1) is 16.1. The molecule has 178 valence electrons. The van der Waals surface area contributed by atoms with E-state index in [1.54, 1.807) is 42.3 Å². The summed E-state index contributed by atoms with van der Waals surface area (Å²) in [6.07, 6.45) is 0. The van der Waals surface area contributed by atoms with E-state index in [2.05, 4.69) is 4.72 Å². The van der Waals surface area contributed by atoms with Crippen molar-refractivity contribution in [2.75, 3.05) is 11.6 Å². The predicted octanol–water partition coefficient (Wildman–Crippen LogP) is 6.63. The molecule has 1 aliphatic rings. The number of benzene rings is 3. The molecule has 0 bridgehead atoms. The lowest BCUT2D eigenvalue weighted by Crippen LogP contribution is -2.32. The summed E-state index contributed by atoms with van der Waals surface area (Å²) in [5.74, 6) is -0.798. The van der Waals surface area contributed by atoms with E-state index in [0.29, 0.717) is 32.0 Å². The van der Waals surface area contributed by atoms with Crippen LogP contribution in [0.5, 0.6) is 0 Å². The summed E-state index contributed by atoms with van der Waals surface area (Å²) in [4.78, 5) is -0.106. The quantitative estimate of drug-likeness (QED) is 0.382. The molecule has 4 rings (SSSR count). The average Bonchev–Trinajstić information content (AvgIpc) is 3.10. The van der Waals surface area contributed by atoms with Gasteiger partial charge in [0.15, 0.2) is 0 Å². The molecule has 1 N–H and O–H groups in total. The zero-order valence-corrected chi connectivity index (χ0v) is 21.4. The molecule has 3 aromatic rings. The standard InChI is InChI=1S/C24H21Cl3FN3O2S/c1-14-3-9-19(28)12-23(14)34(32,33)29-13-21-15(2)24(16-4-6-17(25)7-5-16)31(30-21)22-10-8-18(26)11-20(22)27/h3-12,15,24,29H,13H2,1-2H3/t15-,24-/m0/s1. The minimum Gasteiger partial charge on any atom is -0.256 e. The van der Waals surface area contributed by atoms with Gasteiger partial charge in [0, 0.05) is 16.0 Å². The van der Waals surface area contributed by atoms with Crippen molar-refractivity contribution < 1.29 is 12.8 Å². The van der Waals surface area contributed by atoms with E-state index in [1.807, 2.05) is 19.1 Å². The van der Waals surface area contributed by atoms with Crippen LogP contribution in [0.2, 0.25) is 15.1 Å². The van der Waals surface area contributed by atoms with E-state index in [9.17, 15) is 12.8 Å². The Morgan fingerprint density at radius 1 is 1.00 bits per heavy atom. The van der Waals surface area contributed by atoms with Gasteiger partial charge in [-0.1, -0.05) is 59.9 Å². The number of rotatable bonds is 6. The number of halogens is 4.